The Balaban J connectivity index is 4.25. The zero-order valence-electron chi connectivity index (χ0n) is 44.9. The minimum absolute atomic E-state index is 0.0781. The molecule has 392 valence electrons. The van der Waals surface area contributed by atoms with Crippen LogP contribution in [0.4, 0.5) is 0 Å². The Kier molecular flexibility index (Phi) is 53.8. The molecule has 6 nitrogen and oxygen atoms in total. The maximum absolute atomic E-state index is 12.8. The molecule has 0 aromatic rings. The second kappa shape index (κ2) is 56.4. The van der Waals surface area contributed by atoms with E-state index < -0.39 is 6.10 Å². The van der Waals surface area contributed by atoms with Gasteiger partial charge in [-0.3, -0.25) is 14.4 Å². The van der Waals surface area contributed by atoms with E-state index in [1.165, 1.54) is 148 Å². The summed E-state index contributed by atoms with van der Waals surface area (Å²) in [5.74, 6) is -0.887. The van der Waals surface area contributed by atoms with Crippen molar-refractivity contribution in [2.45, 2.75) is 290 Å². The Bertz CT molecular complexity index is 1270. The predicted molar refractivity (Wildman–Crippen MR) is 293 cm³/mol. The van der Waals surface area contributed by atoms with Crippen LogP contribution in [0.15, 0.2) is 72.9 Å². The third-order valence-electron chi connectivity index (χ3n) is 12.4. The zero-order valence-corrected chi connectivity index (χ0v) is 44.9. The summed E-state index contributed by atoms with van der Waals surface area (Å²) in [6.07, 6.45) is 71.9. The van der Waals surface area contributed by atoms with Crippen LogP contribution >= 0.6 is 0 Å². The molecule has 0 amide bonds. The molecule has 0 bridgehead atoms. The van der Waals surface area contributed by atoms with Crippen LogP contribution in [0, 0.1) is 0 Å². The maximum Gasteiger partial charge on any atom is 0.306 e. The molecule has 1 unspecified atom stereocenters. The quantitative estimate of drug-likeness (QED) is 0.0262. The Morgan fingerprint density at radius 1 is 0.309 bits per heavy atom. The van der Waals surface area contributed by atoms with Crippen LogP contribution in [0.5, 0.6) is 0 Å². The van der Waals surface area contributed by atoms with Gasteiger partial charge >= 0.3 is 17.9 Å². The lowest BCUT2D eigenvalue weighted by Crippen LogP contribution is -2.30. The SMILES string of the molecule is CC/C=C\C/C=C\C/C=C\C/C=C\CCCCCCCCCCC(=O)OCC(COC(=O)CCCCCCCCCC)OC(=O)CCCCCCCCCCC/C=C\C/C=C\CCCCCCC. The van der Waals surface area contributed by atoms with Gasteiger partial charge in [-0.05, 0) is 89.9 Å². The molecule has 0 saturated carbocycles. The summed E-state index contributed by atoms with van der Waals surface area (Å²) in [5.41, 5.74) is 0. The van der Waals surface area contributed by atoms with Gasteiger partial charge < -0.3 is 14.2 Å². The van der Waals surface area contributed by atoms with Crippen molar-refractivity contribution in [3.8, 4) is 0 Å². The van der Waals surface area contributed by atoms with E-state index in [1.54, 1.807) is 0 Å². The summed E-state index contributed by atoms with van der Waals surface area (Å²) in [6.45, 7) is 6.50. The van der Waals surface area contributed by atoms with Gasteiger partial charge in [-0.25, -0.2) is 0 Å². The Morgan fingerprint density at radius 2 is 0.574 bits per heavy atom. The summed E-state index contributed by atoms with van der Waals surface area (Å²) in [7, 11) is 0. The van der Waals surface area contributed by atoms with Gasteiger partial charge in [-0.15, -0.1) is 0 Å². The highest BCUT2D eigenvalue weighted by Crippen LogP contribution is 2.15. The molecule has 0 aliphatic heterocycles. The lowest BCUT2D eigenvalue weighted by molar-refractivity contribution is -0.167. The number of unbranched alkanes of at least 4 members (excludes halogenated alkanes) is 29. The van der Waals surface area contributed by atoms with E-state index in [0.717, 1.165) is 96.3 Å². The molecule has 6 heteroatoms. The first kappa shape index (κ1) is 64.8. The van der Waals surface area contributed by atoms with Crippen molar-refractivity contribution in [1.29, 1.82) is 0 Å². The van der Waals surface area contributed by atoms with Gasteiger partial charge in [0.1, 0.15) is 13.2 Å². The van der Waals surface area contributed by atoms with E-state index >= 15 is 0 Å². The zero-order chi connectivity index (χ0) is 49.3. The lowest BCUT2D eigenvalue weighted by Gasteiger charge is -2.18. The van der Waals surface area contributed by atoms with Gasteiger partial charge in [0, 0.05) is 19.3 Å². The minimum atomic E-state index is -0.779. The number of carbonyl (C=O) groups is 3. The van der Waals surface area contributed by atoms with Crippen molar-refractivity contribution in [3.05, 3.63) is 72.9 Å². The maximum atomic E-state index is 12.8. The largest absolute Gasteiger partial charge is 0.462 e. The summed E-state index contributed by atoms with van der Waals surface area (Å²) in [5, 5.41) is 0. The standard InChI is InChI=1S/C62H108O6/c1-4-7-10-13-16-19-21-23-25-27-29-31-33-35-37-39-41-43-46-49-52-55-61(64)67-58-59(57-66-60(63)54-51-48-45-18-15-12-9-6-3)68-62(65)56-53-50-47-44-42-40-38-36-34-32-30-28-26-24-22-20-17-14-11-8-5-2/h7,10,16,19,22-25,28-31,59H,4-6,8-9,11-15,17-18,20-21,26-27,32-58H2,1-3H3/b10-7-,19-16-,24-22-,25-23-,30-28-,31-29-. The minimum Gasteiger partial charge on any atom is -0.462 e. The molecule has 0 N–H and O–H groups in total. The van der Waals surface area contributed by atoms with Gasteiger partial charge in [-0.2, -0.15) is 0 Å². The Morgan fingerprint density at radius 3 is 0.897 bits per heavy atom. The fraction of sp³-hybridized carbons (Fsp3) is 0.758. The molecule has 1 atom stereocenters. The number of hydrogen-bond donors (Lipinski definition) is 0. The normalized spacial score (nSPS) is 12.6. The molecular formula is C62H108O6. The highest BCUT2D eigenvalue weighted by molar-refractivity contribution is 5.71. The third kappa shape index (κ3) is 53.8. The first-order valence-electron chi connectivity index (χ1n) is 28.9. The van der Waals surface area contributed by atoms with Gasteiger partial charge in [0.25, 0.3) is 0 Å². The van der Waals surface area contributed by atoms with Crippen molar-refractivity contribution in [2.24, 2.45) is 0 Å². The van der Waals surface area contributed by atoms with Crippen LogP contribution in [0.25, 0.3) is 0 Å². The topological polar surface area (TPSA) is 78.9 Å². The number of carbonyl (C=O) groups excluding carboxylic acids is 3. The fourth-order valence-electron chi connectivity index (χ4n) is 8.11. The molecule has 0 aromatic carbocycles. The molecule has 0 fully saturated rings. The smallest absolute Gasteiger partial charge is 0.306 e. The van der Waals surface area contributed by atoms with Crippen molar-refractivity contribution in [3.63, 3.8) is 0 Å². The number of hydrogen-bond acceptors (Lipinski definition) is 6. The Hall–Kier alpha value is -3.15. The van der Waals surface area contributed by atoms with Crippen LogP contribution in [-0.2, 0) is 28.6 Å². The molecule has 0 radical (unpaired) electrons. The predicted octanol–water partition coefficient (Wildman–Crippen LogP) is 19.4. The molecule has 0 aliphatic rings. The van der Waals surface area contributed by atoms with Crippen molar-refractivity contribution in [2.75, 3.05) is 13.2 Å². The second-order valence-corrected chi connectivity index (χ2v) is 19.2. The Labute approximate surface area is 421 Å². The van der Waals surface area contributed by atoms with Gasteiger partial charge in [0.2, 0.25) is 0 Å². The highest BCUT2D eigenvalue weighted by Gasteiger charge is 2.19. The monoisotopic (exact) mass is 949 g/mol. The second-order valence-electron chi connectivity index (χ2n) is 19.2. The molecule has 0 aliphatic carbocycles. The number of ether oxygens (including phenoxy) is 3. The first-order valence-corrected chi connectivity index (χ1v) is 28.9. The van der Waals surface area contributed by atoms with Crippen molar-refractivity contribution in [1.82, 2.24) is 0 Å². The average Bonchev–Trinajstić information content (AvgIpc) is 3.34. The number of rotatable bonds is 52. The summed E-state index contributed by atoms with van der Waals surface area (Å²) < 4.78 is 16.8. The van der Waals surface area contributed by atoms with Gasteiger partial charge in [0.05, 0.1) is 0 Å². The third-order valence-corrected chi connectivity index (χ3v) is 12.4. The van der Waals surface area contributed by atoms with E-state index in [0.29, 0.717) is 19.3 Å². The van der Waals surface area contributed by atoms with Crippen molar-refractivity contribution >= 4 is 17.9 Å². The highest BCUT2D eigenvalue weighted by atomic mass is 16.6. The molecular weight excluding hydrogens is 841 g/mol. The molecule has 68 heavy (non-hydrogen) atoms. The lowest BCUT2D eigenvalue weighted by atomic mass is 10.1. The van der Waals surface area contributed by atoms with Crippen LogP contribution < -0.4 is 0 Å². The molecule has 0 saturated heterocycles. The van der Waals surface area contributed by atoms with Crippen LogP contribution in [0.2, 0.25) is 0 Å². The van der Waals surface area contributed by atoms with E-state index in [1.807, 2.05) is 0 Å². The first-order chi connectivity index (χ1) is 33.5. The fourth-order valence-corrected chi connectivity index (χ4v) is 8.11. The molecule has 0 heterocycles. The van der Waals surface area contributed by atoms with E-state index in [9.17, 15) is 14.4 Å². The number of allylic oxidation sites excluding steroid dienone is 12. The number of esters is 3. The van der Waals surface area contributed by atoms with E-state index in [-0.39, 0.29) is 31.1 Å². The van der Waals surface area contributed by atoms with E-state index in [2.05, 4.69) is 93.7 Å². The summed E-state index contributed by atoms with van der Waals surface area (Å²) >= 11 is 0. The van der Waals surface area contributed by atoms with Gasteiger partial charge in [-0.1, -0.05) is 248 Å². The molecule has 0 rings (SSSR count). The van der Waals surface area contributed by atoms with E-state index in [4.69, 9.17) is 14.2 Å². The molecule has 0 spiro atoms. The van der Waals surface area contributed by atoms with Crippen LogP contribution in [0.1, 0.15) is 284 Å². The average molecular weight is 950 g/mol. The van der Waals surface area contributed by atoms with Crippen molar-refractivity contribution < 1.29 is 28.6 Å². The summed E-state index contributed by atoms with van der Waals surface area (Å²) in [6, 6.07) is 0. The van der Waals surface area contributed by atoms with Crippen LogP contribution in [-0.4, -0.2) is 37.2 Å². The summed E-state index contributed by atoms with van der Waals surface area (Å²) in [4.78, 5) is 38.0. The van der Waals surface area contributed by atoms with Gasteiger partial charge in [0.15, 0.2) is 6.10 Å². The molecule has 0 aromatic heterocycles. The van der Waals surface area contributed by atoms with Crippen LogP contribution in [0.3, 0.4) is 0 Å².